The Morgan fingerprint density at radius 2 is 2.00 bits per heavy atom. The zero-order chi connectivity index (χ0) is 13.1. The minimum Gasteiger partial charge on any atom is -0.390 e. The first kappa shape index (κ1) is 13.1. The fraction of sp³-hybridized carbons (Fsp3) is 0.800. The molecule has 4 heteroatoms. The summed E-state index contributed by atoms with van der Waals surface area (Å²) in [5.41, 5.74) is 0. The monoisotopic (exact) mass is 263 g/mol. The van der Waals surface area contributed by atoms with E-state index < -0.39 is 0 Å². The topological polar surface area (TPSA) is 41.3 Å². The Hall–Kier alpha value is -0.870. The second-order valence-corrected chi connectivity index (χ2v) is 6.23. The van der Waals surface area contributed by atoms with Crippen molar-refractivity contribution in [3.05, 3.63) is 18.5 Å². The van der Waals surface area contributed by atoms with Crippen LogP contribution in [0.5, 0.6) is 0 Å². The van der Waals surface area contributed by atoms with E-state index in [0.717, 1.165) is 24.9 Å². The van der Waals surface area contributed by atoms with Crippen LogP contribution in [-0.2, 0) is 6.54 Å². The molecule has 0 radical (unpaired) electrons. The van der Waals surface area contributed by atoms with Crippen LogP contribution in [0.25, 0.3) is 0 Å². The highest BCUT2D eigenvalue weighted by Gasteiger charge is 2.31. The van der Waals surface area contributed by atoms with Crippen LogP contribution in [0.4, 0.5) is 0 Å². The lowest BCUT2D eigenvalue weighted by Gasteiger charge is -2.41. The standard InChI is InChI=1S/C15H25N3O/c19-15(12-18-8-3-7-16-18)11-17-9-6-13-4-1-2-5-14(13)10-17/h3,7-8,13-15,19H,1-2,4-6,9-12H2. The Morgan fingerprint density at radius 3 is 2.79 bits per heavy atom. The molecule has 3 atom stereocenters. The molecule has 0 bridgehead atoms. The van der Waals surface area contributed by atoms with Crippen molar-refractivity contribution in [1.29, 1.82) is 0 Å². The zero-order valence-corrected chi connectivity index (χ0v) is 11.6. The molecular formula is C15H25N3O. The van der Waals surface area contributed by atoms with Gasteiger partial charge >= 0.3 is 0 Å². The zero-order valence-electron chi connectivity index (χ0n) is 11.6. The van der Waals surface area contributed by atoms with Gasteiger partial charge in [0.15, 0.2) is 0 Å². The third kappa shape index (κ3) is 3.37. The molecule has 106 valence electrons. The summed E-state index contributed by atoms with van der Waals surface area (Å²) in [5, 5.41) is 14.3. The molecule has 3 rings (SSSR count). The number of piperidine rings is 1. The molecule has 4 nitrogen and oxygen atoms in total. The van der Waals surface area contributed by atoms with Crippen LogP contribution in [0.3, 0.4) is 0 Å². The lowest BCUT2D eigenvalue weighted by molar-refractivity contribution is 0.0394. The fourth-order valence-corrected chi connectivity index (χ4v) is 3.82. The van der Waals surface area contributed by atoms with E-state index in [4.69, 9.17) is 0 Å². The smallest absolute Gasteiger partial charge is 0.0862 e. The van der Waals surface area contributed by atoms with Crippen molar-refractivity contribution in [2.24, 2.45) is 11.8 Å². The number of fused-ring (bicyclic) bond motifs is 1. The lowest BCUT2D eigenvalue weighted by atomic mass is 9.75. The van der Waals surface area contributed by atoms with Gasteiger partial charge < -0.3 is 10.0 Å². The molecule has 1 aromatic rings. The minimum absolute atomic E-state index is 0.306. The first-order chi connectivity index (χ1) is 9.31. The van der Waals surface area contributed by atoms with Gasteiger partial charge in [-0.2, -0.15) is 5.10 Å². The Labute approximate surface area is 115 Å². The van der Waals surface area contributed by atoms with Gasteiger partial charge in [-0.25, -0.2) is 0 Å². The van der Waals surface area contributed by atoms with Crippen molar-refractivity contribution in [1.82, 2.24) is 14.7 Å². The summed E-state index contributed by atoms with van der Waals surface area (Å²) >= 11 is 0. The predicted octanol–water partition coefficient (Wildman–Crippen LogP) is 1.76. The summed E-state index contributed by atoms with van der Waals surface area (Å²) in [6, 6.07) is 1.90. The van der Waals surface area contributed by atoms with E-state index in [1.165, 1.54) is 38.6 Å². The Kier molecular flexibility index (Phi) is 4.18. The van der Waals surface area contributed by atoms with Crippen LogP contribution in [0.15, 0.2) is 18.5 Å². The normalized spacial score (nSPS) is 29.9. The number of hydrogen-bond donors (Lipinski definition) is 1. The van der Waals surface area contributed by atoms with Crippen molar-refractivity contribution < 1.29 is 5.11 Å². The summed E-state index contributed by atoms with van der Waals surface area (Å²) in [4.78, 5) is 2.46. The summed E-state index contributed by atoms with van der Waals surface area (Å²) in [6.45, 7) is 3.76. The molecule has 19 heavy (non-hydrogen) atoms. The molecule has 2 fully saturated rings. The van der Waals surface area contributed by atoms with Gasteiger partial charge in [0, 0.05) is 25.5 Å². The van der Waals surface area contributed by atoms with Gasteiger partial charge in [-0.15, -0.1) is 0 Å². The molecule has 1 N–H and O–H groups in total. The molecule has 2 aliphatic rings. The first-order valence-electron chi connectivity index (χ1n) is 7.69. The maximum Gasteiger partial charge on any atom is 0.0862 e. The third-order valence-corrected chi connectivity index (χ3v) is 4.80. The van der Waals surface area contributed by atoms with Crippen molar-refractivity contribution in [2.45, 2.75) is 44.8 Å². The van der Waals surface area contributed by atoms with Crippen LogP contribution in [0.2, 0.25) is 0 Å². The Morgan fingerprint density at radius 1 is 1.16 bits per heavy atom. The number of aliphatic hydroxyl groups excluding tert-OH is 1. The second-order valence-electron chi connectivity index (χ2n) is 6.23. The van der Waals surface area contributed by atoms with E-state index >= 15 is 0 Å². The number of aromatic nitrogens is 2. The number of β-amino-alcohol motifs (C(OH)–C–C–N with tert-alkyl or cyclic N) is 1. The van der Waals surface area contributed by atoms with Crippen LogP contribution >= 0.6 is 0 Å². The van der Waals surface area contributed by atoms with Gasteiger partial charge in [0.25, 0.3) is 0 Å². The van der Waals surface area contributed by atoms with Gasteiger partial charge in [-0.05, 0) is 37.3 Å². The van der Waals surface area contributed by atoms with Gasteiger partial charge in [-0.3, -0.25) is 4.68 Å². The van der Waals surface area contributed by atoms with E-state index in [1.807, 2.05) is 16.9 Å². The average molecular weight is 263 g/mol. The fourth-order valence-electron chi connectivity index (χ4n) is 3.82. The molecule has 1 aliphatic heterocycles. The van der Waals surface area contributed by atoms with Gasteiger partial charge in [-0.1, -0.05) is 19.3 Å². The third-order valence-electron chi connectivity index (χ3n) is 4.80. The van der Waals surface area contributed by atoms with Crippen molar-refractivity contribution in [3.63, 3.8) is 0 Å². The molecule has 0 spiro atoms. The highest BCUT2D eigenvalue weighted by atomic mass is 16.3. The molecule has 2 heterocycles. The Balaban J connectivity index is 1.47. The van der Waals surface area contributed by atoms with Gasteiger partial charge in [0.05, 0.1) is 12.6 Å². The SMILES string of the molecule is OC(CN1CCC2CCCCC2C1)Cn1cccn1. The maximum absolute atomic E-state index is 10.2. The quantitative estimate of drug-likeness (QED) is 0.900. The molecule has 1 saturated heterocycles. The highest BCUT2D eigenvalue weighted by Crippen LogP contribution is 2.35. The molecule has 1 saturated carbocycles. The number of aliphatic hydroxyl groups is 1. The number of hydrogen-bond acceptors (Lipinski definition) is 3. The van der Waals surface area contributed by atoms with E-state index in [-0.39, 0.29) is 6.10 Å². The summed E-state index contributed by atoms with van der Waals surface area (Å²) in [5.74, 6) is 1.85. The number of likely N-dealkylation sites (tertiary alicyclic amines) is 1. The van der Waals surface area contributed by atoms with E-state index in [1.54, 1.807) is 6.20 Å². The van der Waals surface area contributed by atoms with Crippen molar-refractivity contribution >= 4 is 0 Å². The predicted molar refractivity (Wildman–Crippen MR) is 74.7 cm³/mol. The lowest BCUT2D eigenvalue weighted by Crippen LogP contribution is -2.45. The van der Waals surface area contributed by atoms with Crippen molar-refractivity contribution in [2.75, 3.05) is 19.6 Å². The summed E-state index contributed by atoms with van der Waals surface area (Å²) in [7, 11) is 0. The van der Waals surface area contributed by atoms with Crippen LogP contribution in [0, 0.1) is 11.8 Å². The van der Waals surface area contributed by atoms with Crippen LogP contribution < -0.4 is 0 Å². The van der Waals surface area contributed by atoms with Crippen LogP contribution in [-0.4, -0.2) is 45.5 Å². The second kappa shape index (κ2) is 6.06. The van der Waals surface area contributed by atoms with Crippen LogP contribution in [0.1, 0.15) is 32.1 Å². The minimum atomic E-state index is -0.306. The first-order valence-corrected chi connectivity index (χ1v) is 7.69. The van der Waals surface area contributed by atoms with E-state index in [9.17, 15) is 5.11 Å². The van der Waals surface area contributed by atoms with Gasteiger partial charge in [0.1, 0.15) is 0 Å². The number of nitrogens with zero attached hydrogens (tertiary/aromatic N) is 3. The van der Waals surface area contributed by atoms with Gasteiger partial charge in [0.2, 0.25) is 0 Å². The van der Waals surface area contributed by atoms with E-state index in [2.05, 4.69) is 10.00 Å². The molecular weight excluding hydrogens is 238 g/mol. The van der Waals surface area contributed by atoms with Crippen molar-refractivity contribution in [3.8, 4) is 0 Å². The molecule has 3 unspecified atom stereocenters. The maximum atomic E-state index is 10.2. The summed E-state index contributed by atoms with van der Waals surface area (Å²) in [6.07, 6.45) is 10.4. The molecule has 0 amide bonds. The van der Waals surface area contributed by atoms with E-state index in [0.29, 0.717) is 6.54 Å². The Bertz CT molecular complexity index is 379. The molecule has 0 aromatic carbocycles. The summed E-state index contributed by atoms with van der Waals surface area (Å²) < 4.78 is 1.82. The largest absolute Gasteiger partial charge is 0.390 e. The molecule has 1 aliphatic carbocycles. The highest BCUT2D eigenvalue weighted by molar-refractivity contribution is 4.85. The number of rotatable bonds is 4. The molecule has 1 aromatic heterocycles. The average Bonchev–Trinajstić information content (AvgIpc) is 2.91.